The van der Waals surface area contributed by atoms with Crippen LogP contribution in [0.5, 0.6) is 0 Å². The predicted molar refractivity (Wildman–Crippen MR) is 115 cm³/mol. The number of rotatable bonds is 16. The van der Waals surface area contributed by atoms with Gasteiger partial charge in [-0.2, -0.15) is 0 Å². The van der Waals surface area contributed by atoms with E-state index >= 15 is 0 Å². The van der Waals surface area contributed by atoms with Crippen LogP contribution in [0.3, 0.4) is 0 Å². The van der Waals surface area contributed by atoms with Gasteiger partial charge in [0.2, 0.25) is 0 Å². The summed E-state index contributed by atoms with van der Waals surface area (Å²) in [7, 11) is 0. The molecule has 0 aliphatic carbocycles. The SMILES string of the molecule is C=C(C)C(=O)OCCOCCCC.C=CC(=O)OCCCCCCCC(C)C. The molecule has 0 aliphatic heterocycles. The largest absolute Gasteiger partial charge is 0.463 e. The fraction of sp³-hybridized carbons (Fsp3) is 0.739. The van der Waals surface area contributed by atoms with Crippen LogP contribution in [-0.4, -0.2) is 38.4 Å². The lowest BCUT2D eigenvalue weighted by atomic mass is 10.0. The van der Waals surface area contributed by atoms with Crippen LogP contribution in [0.2, 0.25) is 0 Å². The van der Waals surface area contributed by atoms with Crippen molar-refractivity contribution in [3.05, 3.63) is 24.8 Å². The molecule has 0 spiro atoms. The summed E-state index contributed by atoms with van der Waals surface area (Å²) in [4.78, 5) is 21.5. The number of hydrogen-bond donors (Lipinski definition) is 0. The molecular formula is C23H42O5. The van der Waals surface area contributed by atoms with Gasteiger partial charge in [0, 0.05) is 18.3 Å². The minimum absolute atomic E-state index is 0.310. The Hall–Kier alpha value is -1.62. The van der Waals surface area contributed by atoms with Gasteiger partial charge in [-0.25, -0.2) is 9.59 Å². The average Bonchev–Trinajstić information content (AvgIpc) is 2.66. The average molecular weight is 399 g/mol. The number of esters is 2. The van der Waals surface area contributed by atoms with Gasteiger partial charge in [0.25, 0.3) is 0 Å². The summed E-state index contributed by atoms with van der Waals surface area (Å²) in [6, 6.07) is 0. The van der Waals surface area contributed by atoms with Crippen LogP contribution >= 0.6 is 0 Å². The van der Waals surface area contributed by atoms with Gasteiger partial charge >= 0.3 is 11.9 Å². The molecule has 0 bridgehead atoms. The summed E-state index contributed by atoms with van der Waals surface area (Å²) in [5.74, 6) is 0.160. The van der Waals surface area contributed by atoms with E-state index in [2.05, 4.69) is 33.9 Å². The Morgan fingerprint density at radius 1 is 0.893 bits per heavy atom. The molecule has 0 aromatic rings. The lowest BCUT2D eigenvalue weighted by Gasteiger charge is -2.04. The highest BCUT2D eigenvalue weighted by Crippen LogP contribution is 2.10. The van der Waals surface area contributed by atoms with E-state index < -0.39 is 0 Å². The number of ether oxygens (including phenoxy) is 3. The van der Waals surface area contributed by atoms with E-state index in [-0.39, 0.29) is 11.9 Å². The predicted octanol–water partition coefficient (Wildman–Crippen LogP) is 5.63. The van der Waals surface area contributed by atoms with Crippen molar-refractivity contribution in [1.82, 2.24) is 0 Å². The smallest absolute Gasteiger partial charge is 0.333 e. The fourth-order valence-corrected chi connectivity index (χ4v) is 2.08. The minimum atomic E-state index is -0.348. The number of hydrogen-bond acceptors (Lipinski definition) is 5. The van der Waals surface area contributed by atoms with Crippen molar-refractivity contribution >= 4 is 11.9 Å². The van der Waals surface area contributed by atoms with Crippen molar-refractivity contribution < 1.29 is 23.8 Å². The highest BCUT2D eigenvalue weighted by molar-refractivity contribution is 5.86. The first kappa shape index (κ1) is 28.6. The molecule has 0 fully saturated rings. The Bertz CT molecular complexity index is 415. The second kappa shape index (κ2) is 21.7. The molecular weight excluding hydrogens is 356 g/mol. The highest BCUT2D eigenvalue weighted by atomic mass is 16.6. The fourth-order valence-electron chi connectivity index (χ4n) is 2.08. The van der Waals surface area contributed by atoms with Crippen molar-refractivity contribution in [2.45, 2.75) is 79.1 Å². The van der Waals surface area contributed by atoms with E-state index in [9.17, 15) is 9.59 Å². The van der Waals surface area contributed by atoms with Crippen LogP contribution in [0.15, 0.2) is 24.8 Å². The molecule has 0 unspecified atom stereocenters. The topological polar surface area (TPSA) is 61.8 Å². The molecule has 0 aromatic heterocycles. The molecule has 0 aromatic carbocycles. The van der Waals surface area contributed by atoms with Crippen molar-refractivity contribution in [1.29, 1.82) is 0 Å². The van der Waals surface area contributed by atoms with Gasteiger partial charge in [-0.1, -0.05) is 72.5 Å². The Kier molecular flexibility index (Phi) is 22.1. The van der Waals surface area contributed by atoms with E-state index in [1.54, 1.807) is 6.92 Å². The van der Waals surface area contributed by atoms with Crippen molar-refractivity contribution in [3.63, 3.8) is 0 Å². The Labute approximate surface area is 172 Å². The quantitative estimate of drug-likeness (QED) is 0.191. The molecule has 0 saturated heterocycles. The first-order chi connectivity index (χ1) is 13.3. The van der Waals surface area contributed by atoms with Crippen LogP contribution in [-0.2, 0) is 23.8 Å². The Morgan fingerprint density at radius 2 is 1.54 bits per heavy atom. The highest BCUT2D eigenvalue weighted by Gasteiger charge is 2.01. The van der Waals surface area contributed by atoms with Gasteiger partial charge in [0.1, 0.15) is 6.61 Å². The lowest BCUT2D eigenvalue weighted by molar-refractivity contribution is -0.140. The van der Waals surface area contributed by atoms with E-state index in [4.69, 9.17) is 14.2 Å². The van der Waals surface area contributed by atoms with Crippen molar-refractivity contribution in [2.24, 2.45) is 5.92 Å². The summed E-state index contributed by atoms with van der Waals surface area (Å²) in [6.45, 7) is 17.1. The molecule has 28 heavy (non-hydrogen) atoms. The van der Waals surface area contributed by atoms with Crippen molar-refractivity contribution in [3.8, 4) is 0 Å². The molecule has 0 N–H and O–H groups in total. The summed E-state index contributed by atoms with van der Waals surface area (Å²) < 4.78 is 14.9. The van der Waals surface area contributed by atoms with Gasteiger partial charge < -0.3 is 14.2 Å². The maximum Gasteiger partial charge on any atom is 0.333 e. The Balaban J connectivity index is 0. The van der Waals surface area contributed by atoms with Gasteiger partial charge in [-0.05, 0) is 25.7 Å². The number of unbranched alkanes of at least 4 members (excludes halogenated alkanes) is 5. The molecule has 5 nitrogen and oxygen atoms in total. The lowest BCUT2D eigenvalue weighted by Crippen LogP contribution is -2.11. The maximum absolute atomic E-state index is 10.9. The summed E-state index contributed by atoms with van der Waals surface area (Å²) >= 11 is 0. The molecule has 164 valence electrons. The van der Waals surface area contributed by atoms with E-state index in [1.165, 1.54) is 31.8 Å². The third kappa shape index (κ3) is 24.4. The second-order valence-electron chi connectivity index (χ2n) is 7.20. The maximum atomic E-state index is 10.9. The van der Waals surface area contributed by atoms with Gasteiger partial charge in [-0.15, -0.1) is 0 Å². The molecule has 5 heteroatoms. The number of carbonyl (C=O) groups excluding carboxylic acids is 2. The standard InChI is InChI=1S/C13H24O2.C10H18O3/c1-4-13(14)15-11-9-7-5-6-8-10-12(2)3;1-4-5-6-12-7-8-13-10(11)9(2)3/h4,12H,1,5-11H2,2-3H3;2,4-8H2,1,3H3. The normalized spacial score (nSPS) is 10.0. The molecule has 0 atom stereocenters. The minimum Gasteiger partial charge on any atom is -0.463 e. The molecule has 0 saturated carbocycles. The molecule has 0 aliphatic rings. The third-order valence-electron chi connectivity index (χ3n) is 3.79. The first-order valence-electron chi connectivity index (χ1n) is 10.5. The summed E-state index contributed by atoms with van der Waals surface area (Å²) in [5.41, 5.74) is 0.425. The van der Waals surface area contributed by atoms with Crippen LogP contribution in [0, 0.1) is 5.92 Å². The van der Waals surface area contributed by atoms with Crippen molar-refractivity contribution in [2.75, 3.05) is 26.4 Å². The number of carbonyl (C=O) groups is 2. The molecule has 0 amide bonds. The van der Waals surface area contributed by atoms with E-state index in [1.807, 2.05) is 0 Å². The monoisotopic (exact) mass is 398 g/mol. The van der Waals surface area contributed by atoms with Crippen LogP contribution in [0.1, 0.15) is 79.1 Å². The zero-order valence-electron chi connectivity index (χ0n) is 18.6. The summed E-state index contributed by atoms with van der Waals surface area (Å²) in [6.07, 6.45) is 10.7. The third-order valence-corrected chi connectivity index (χ3v) is 3.79. The zero-order chi connectivity index (χ0) is 21.6. The van der Waals surface area contributed by atoms with Gasteiger partial charge in [0.05, 0.1) is 13.2 Å². The van der Waals surface area contributed by atoms with E-state index in [0.29, 0.717) is 25.4 Å². The molecule has 0 heterocycles. The first-order valence-corrected chi connectivity index (χ1v) is 10.5. The summed E-state index contributed by atoms with van der Waals surface area (Å²) in [5, 5.41) is 0. The Morgan fingerprint density at radius 3 is 2.11 bits per heavy atom. The van der Waals surface area contributed by atoms with Crippen LogP contribution in [0.4, 0.5) is 0 Å². The second-order valence-corrected chi connectivity index (χ2v) is 7.20. The van der Waals surface area contributed by atoms with Gasteiger partial charge in [0.15, 0.2) is 0 Å². The van der Waals surface area contributed by atoms with Gasteiger partial charge in [-0.3, -0.25) is 0 Å². The van der Waals surface area contributed by atoms with E-state index in [0.717, 1.165) is 38.2 Å². The van der Waals surface area contributed by atoms with Crippen LogP contribution in [0.25, 0.3) is 0 Å². The van der Waals surface area contributed by atoms with Crippen LogP contribution < -0.4 is 0 Å². The molecule has 0 rings (SSSR count). The molecule has 0 radical (unpaired) electrons. The zero-order valence-corrected chi connectivity index (χ0v) is 18.6.